The molecular formula is C18H19N3S. The second-order valence-electron chi connectivity index (χ2n) is 5.83. The molecule has 0 fully saturated rings. The maximum atomic E-state index is 4.10. The fraction of sp³-hybridized carbons (Fsp3) is 0.278. The van der Waals surface area contributed by atoms with Crippen LogP contribution in [0, 0.1) is 0 Å². The number of nitrogens with zero attached hydrogens (tertiary/aromatic N) is 3. The van der Waals surface area contributed by atoms with Crippen molar-refractivity contribution in [2.24, 2.45) is 0 Å². The molecule has 1 aromatic carbocycles. The van der Waals surface area contributed by atoms with Crippen molar-refractivity contribution in [3.05, 3.63) is 70.4 Å². The lowest BCUT2D eigenvalue weighted by Gasteiger charge is -2.33. The van der Waals surface area contributed by atoms with Gasteiger partial charge in [-0.15, -0.1) is 11.3 Å². The van der Waals surface area contributed by atoms with Gasteiger partial charge in [0.05, 0.1) is 6.33 Å². The summed E-state index contributed by atoms with van der Waals surface area (Å²) in [4.78, 5) is 8.24. The van der Waals surface area contributed by atoms with Crippen LogP contribution in [-0.2, 0) is 13.0 Å². The van der Waals surface area contributed by atoms with Gasteiger partial charge in [-0.05, 0) is 48.1 Å². The SMILES string of the molecule is C[C@H]1c2ccsc2CCN1Cc1ccc(-n2ccnc2)cc1. The molecular weight excluding hydrogens is 290 g/mol. The Balaban J connectivity index is 1.50. The molecule has 3 aromatic rings. The molecule has 22 heavy (non-hydrogen) atoms. The lowest BCUT2D eigenvalue weighted by molar-refractivity contribution is 0.191. The van der Waals surface area contributed by atoms with E-state index in [-0.39, 0.29) is 0 Å². The number of rotatable bonds is 3. The molecule has 0 aliphatic carbocycles. The second kappa shape index (κ2) is 5.71. The molecule has 2 aromatic heterocycles. The van der Waals surface area contributed by atoms with E-state index in [2.05, 4.69) is 52.5 Å². The Morgan fingerprint density at radius 2 is 2.09 bits per heavy atom. The molecule has 1 aliphatic heterocycles. The van der Waals surface area contributed by atoms with E-state index in [1.54, 1.807) is 4.88 Å². The normalized spacial score (nSPS) is 18.3. The molecule has 0 spiro atoms. The molecule has 0 saturated carbocycles. The van der Waals surface area contributed by atoms with Crippen LogP contribution in [0.25, 0.3) is 5.69 Å². The molecule has 0 unspecified atom stereocenters. The Kier molecular flexibility index (Phi) is 3.56. The third-order valence-corrected chi connectivity index (χ3v) is 5.52. The van der Waals surface area contributed by atoms with Gasteiger partial charge in [0.2, 0.25) is 0 Å². The number of hydrogen-bond donors (Lipinski definition) is 0. The fourth-order valence-electron chi connectivity index (χ4n) is 3.20. The Labute approximate surface area is 134 Å². The van der Waals surface area contributed by atoms with E-state index in [0.717, 1.165) is 18.8 Å². The number of imidazole rings is 1. The molecule has 3 heterocycles. The molecule has 4 heteroatoms. The Morgan fingerprint density at radius 3 is 2.86 bits per heavy atom. The monoisotopic (exact) mass is 309 g/mol. The largest absolute Gasteiger partial charge is 0.306 e. The van der Waals surface area contributed by atoms with Crippen molar-refractivity contribution < 1.29 is 0 Å². The first-order chi connectivity index (χ1) is 10.8. The highest BCUT2D eigenvalue weighted by Gasteiger charge is 2.24. The van der Waals surface area contributed by atoms with Crippen molar-refractivity contribution >= 4 is 11.3 Å². The first-order valence-electron chi connectivity index (χ1n) is 7.69. The van der Waals surface area contributed by atoms with Gasteiger partial charge in [-0.3, -0.25) is 4.90 Å². The van der Waals surface area contributed by atoms with Crippen LogP contribution in [0.15, 0.2) is 54.4 Å². The summed E-state index contributed by atoms with van der Waals surface area (Å²) >= 11 is 1.90. The molecule has 0 bridgehead atoms. The quantitative estimate of drug-likeness (QED) is 0.727. The van der Waals surface area contributed by atoms with Crippen molar-refractivity contribution in [3.63, 3.8) is 0 Å². The summed E-state index contributed by atoms with van der Waals surface area (Å²) in [6.07, 6.45) is 6.80. The van der Waals surface area contributed by atoms with Gasteiger partial charge in [0.1, 0.15) is 0 Å². The van der Waals surface area contributed by atoms with Gasteiger partial charge in [-0.2, -0.15) is 0 Å². The highest BCUT2D eigenvalue weighted by molar-refractivity contribution is 7.10. The fourth-order valence-corrected chi connectivity index (χ4v) is 4.16. The highest BCUT2D eigenvalue weighted by Crippen LogP contribution is 2.33. The Hall–Kier alpha value is -1.91. The third-order valence-electron chi connectivity index (χ3n) is 4.53. The average Bonchev–Trinajstić information content (AvgIpc) is 3.22. The number of benzene rings is 1. The van der Waals surface area contributed by atoms with Crippen LogP contribution < -0.4 is 0 Å². The maximum Gasteiger partial charge on any atom is 0.0991 e. The van der Waals surface area contributed by atoms with Crippen LogP contribution in [-0.4, -0.2) is 21.0 Å². The van der Waals surface area contributed by atoms with E-state index in [0.29, 0.717) is 6.04 Å². The van der Waals surface area contributed by atoms with E-state index in [1.165, 1.54) is 17.5 Å². The zero-order valence-electron chi connectivity index (χ0n) is 12.6. The first-order valence-corrected chi connectivity index (χ1v) is 8.57. The van der Waals surface area contributed by atoms with Crippen molar-refractivity contribution in [1.82, 2.24) is 14.5 Å². The van der Waals surface area contributed by atoms with Crippen molar-refractivity contribution in [2.45, 2.75) is 25.9 Å². The number of thiophene rings is 1. The predicted octanol–water partition coefficient (Wildman–Crippen LogP) is 4.05. The van der Waals surface area contributed by atoms with Gasteiger partial charge in [-0.1, -0.05) is 12.1 Å². The van der Waals surface area contributed by atoms with Crippen LogP contribution >= 0.6 is 11.3 Å². The molecule has 0 amide bonds. The van der Waals surface area contributed by atoms with Crippen LogP contribution in [0.4, 0.5) is 0 Å². The Morgan fingerprint density at radius 1 is 1.23 bits per heavy atom. The third kappa shape index (κ3) is 2.49. The Bertz CT molecular complexity index is 743. The average molecular weight is 309 g/mol. The topological polar surface area (TPSA) is 21.1 Å². The van der Waals surface area contributed by atoms with Gasteiger partial charge in [0, 0.05) is 42.1 Å². The van der Waals surface area contributed by atoms with E-state index >= 15 is 0 Å². The number of aromatic nitrogens is 2. The lowest BCUT2D eigenvalue weighted by atomic mass is 10.0. The van der Waals surface area contributed by atoms with Gasteiger partial charge >= 0.3 is 0 Å². The summed E-state index contributed by atoms with van der Waals surface area (Å²) in [7, 11) is 0. The lowest BCUT2D eigenvalue weighted by Crippen LogP contribution is -2.32. The minimum absolute atomic E-state index is 0.517. The molecule has 0 saturated heterocycles. The molecule has 1 atom stereocenters. The molecule has 1 aliphatic rings. The summed E-state index contributed by atoms with van der Waals surface area (Å²) < 4.78 is 2.03. The standard InChI is InChI=1S/C18H19N3S/c1-14-17-7-11-22-18(17)6-9-20(14)12-15-2-4-16(5-3-15)21-10-8-19-13-21/h2-5,7-8,10-11,13-14H,6,9,12H2,1H3/t14-/m0/s1. The van der Waals surface area contributed by atoms with Crippen LogP contribution in [0.5, 0.6) is 0 Å². The van der Waals surface area contributed by atoms with Crippen molar-refractivity contribution in [3.8, 4) is 5.69 Å². The summed E-state index contributed by atoms with van der Waals surface area (Å²) in [6.45, 7) is 4.49. The number of hydrogen-bond acceptors (Lipinski definition) is 3. The van der Waals surface area contributed by atoms with Crippen molar-refractivity contribution in [1.29, 1.82) is 0 Å². The number of fused-ring (bicyclic) bond motifs is 1. The summed E-state index contributed by atoms with van der Waals surface area (Å²) in [5, 5.41) is 2.23. The summed E-state index contributed by atoms with van der Waals surface area (Å²) in [6, 6.07) is 11.6. The summed E-state index contributed by atoms with van der Waals surface area (Å²) in [5.41, 5.74) is 4.05. The predicted molar refractivity (Wildman–Crippen MR) is 90.4 cm³/mol. The van der Waals surface area contributed by atoms with Crippen molar-refractivity contribution in [2.75, 3.05) is 6.54 Å². The van der Waals surface area contributed by atoms with Gasteiger partial charge in [-0.25, -0.2) is 4.98 Å². The second-order valence-corrected chi connectivity index (χ2v) is 6.83. The van der Waals surface area contributed by atoms with E-state index < -0.39 is 0 Å². The van der Waals surface area contributed by atoms with Gasteiger partial charge < -0.3 is 4.57 Å². The molecule has 3 nitrogen and oxygen atoms in total. The minimum Gasteiger partial charge on any atom is -0.306 e. The minimum atomic E-state index is 0.517. The van der Waals surface area contributed by atoms with Crippen LogP contribution in [0.3, 0.4) is 0 Å². The maximum absolute atomic E-state index is 4.10. The van der Waals surface area contributed by atoms with E-state index in [1.807, 2.05) is 34.6 Å². The van der Waals surface area contributed by atoms with E-state index in [9.17, 15) is 0 Å². The molecule has 0 radical (unpaired) electrons. The zero-order chi connectivity index (χ0) is 14.9. The summed E-state index contributed by atoms with van der Waals surface area (Å²) in [5.74, 6) is 0. The first kappa shape index (κ1) is 13.7. The molecule has 112 valence electrons. The smallest absolute Gasteiger partial charge is 0.0991 e. The zero-order valence-corrected chi connectivity index (χ0v) is 13.5. The van der Waals surface area contributed by atoms with Gasteiger partial charge in [0.15, 0.2) is 0 Å². The molecule has 4 rings (SSSR count). The highest BCUT2D eigenvalue weighted by atomic mass is 32.1. The van der Waals surface area contributed by atoms with Crippen LogP contribution in [0.1, 0.15) is 29.0 Å². The van der Waals surface area contributed by atoms with Crippen LogP contribution in [0.2, 0.25) is 0 Å². The molecule has 0 N–H and O–H groups in total. The van der Waals surface area contributed by atoms with E-state index in [4.69, 9.17) is 0 Å². The van der Waals surface area contributed by atoms with Gasteiger partial charge in [0.25, 0.3) is 0 Å².